The molecule has 0 aliphatic carbocycles. The second kappa shape index (κ2) is 3.38. The fraction of sp³-hybridized carbons (Fsp3) is 0.385. The number of hydrogen-bond acceptors (Lipinski definition) is 1. The van der Waals surface area contributed by atoms with E-state index in [0.717, 1.165) is 13.1 Å². The summed E-state index contributed by atoms with van der Waals surface area (Å²) in [5.74, 6) is 0. The van der Waals surface area contributed by atoms with Crippen molar-refractivity contribution < 1.29 is 0 Å². The molecule has 2 aromatic rings. The summed E-state index contributed by atoms with van der Waals surface area (Å²) in [6.07, 6.45) is 1.25. The molecule has 78 valence electrons. The molecule has 2 heterocycles. The quantitative estimate of drug-likeness (QED) is 0.748. The molecular formula is C13H16N2. The number of hydrogen-bond donors (Lipinski definition) is 1. The smallest absolute Gasteiger partial charge is 0.0485 e. The van der Waals surface area contributed by atoms with Gasteiger partial charge >= 0.3 is 0 Å². The molecule has 2 heteroatoms. The normalized spacial score (nSPS) is 21.3. The van der Waals surface area contributed by atoms with Crippen molar-refractivity contribution in [1.29, 1.82) is 0 Å². The second-order valence-electron chi connectivity index (χ2n) is 4.36. The fourth-order valence-electron chi connectivity index (χ4n) is 2.66. The minimum Gasteiger partial charge on any atom is -0.340 e. The third kappa shape index (κ3) is 1.37. The van der Waals surface area contributed by atoms with Gasteiger partial charge in [-0.1, -0.05) is 18.2 Å². The van der Waals surface area contributed by atoms with Crippen molar-refractivity contribution in [1.82, 2.24) is 9.88 Å². The van der Waals surface area contributed by atoms with Gasteiger partial charge in [-0.05, 0) is 37.4 Å². The highest BCUT2D eigenvalue weighted by atomic mass is 15.1. The SMILES string of the molecule is Cc1cc2ccccc2n1C1CCNC1. The molecule has 1 fully saturated rings. The zero-order chi connectivity index (χ0) is 10.3. The molecule has 1 aromatic carbocycles. The molecule has 0 spiro atoms. The van der Waals surface area contributed by atoms with E-state index < -0.39 is 0 Å². The summed E-state index contributed by atoms with van der Waals surface area (Å²) in [6, 6.07) is 11.6. The van der Waals surface area contributed by atoms with Crippen LogP contribution in [0, 0.1) is 6.92 Å². The molecule has 1 unspecified atom stereocenters. The first kappa shape index (κ1) is 8.98. The average molecular weight is 200 g/mol. The summed E-state index contributed by atoms with van der Waals surface area (Å²) < 4.78 is 2.48. The Kier molecular flexibility index (Phi) is 2.03. The Balaban J connectivity index is 2.19. The number of aryl methyl sites for hydroxylation is 1. The van der Waals surface area contributed by atoms with E-state index >= 15 is 0 Å². The van der Waals surface area contributed by atoms with Gasteiger partial charge in [0.2, 0.25) is 0 Å². The Morgan fingerprint density at radius 1 is 1.33 bits per heavy atom. The number of aromatic nitrogens is 1. The van der Waals surface area contributed by atoms with E-state index in [0.29, 0.717) is 6.04 Å². The Morgan fingerprint density at radius 2 is 2.20 bits per heavy atom. The zero-order valence-corrected chi connectivity index (χ0v) is 9.03. The lowest BCUT2D eigenvalue weighted by Crippen LogP contribution is -2.14. The summed E-state index contributed by atoms with van der Waals surface area (Å²) in [4.78, 5) is 0. The van der Waals surface area contributed by atoms with Crippen LogP contribution >= 0.6 is 0 Å². The molecule has 2 nitrogen and oxygen atoms in total. The maximum atomic E-state index is 3.43. The minimum absolute atomic E-state index is 0.643. The minimum atomic E-state index is 0.643. The van der Waals surface area contributed by atoms with E-state index in [1.165, 1.54) is 23.0 Å². The Hall–Kier alpha value is -1.28. The molecule has 15 heavy (non-hydrogen) atoms. The molecule has 1 aliphatic heterocycles. The predicted octanol–water partition coefficient (Wildman–Crippen LogP) is 2.48. The molecule has 0 radical (unpaired) electrons. The molecule has 1 atom stereocenters. The van der Waals surface area contributed by atoms with Gasteiger partial charge in [-0.2, -0.15) is 0 Å². The van der Waals surface area contributed by atoms with Crippen LogP contribution < -0.4 is 5.32 Å². The van der Waals surface area contributed by atoms with Crippen molar-refractivity contribution in [2.45, 2.75) is 19.4 Å². The van der Waals surface area contributed by atoms with Gasteiger partial charge in [0.05, 0.1) is 0 Å². The van der Waals surface area contributed by atoms with Crippen LogP contribution in [0.15, 0.2) is 30.3 Å². The summed E-state index contributed by atoms with van der Waals surface area (Å²) in [6.45, 7) is 4.47. The summed E-state index contributed by atoms with van der Waals surface area (Å²) in [7, 11) is 0. The largest absolute Gasteiger partial charge is 0.340 e. The van der Waals surface area contributed by atoms with Crippen LogP contribution in [0.5, 0.6) is 0 Å². The van der Waals surface area contributed by atoms with E-state index in [9.17, 15) is 0 Å². The molecular weight excluding hydrogens is 184 g/mol. The van der Waals surface area contributed by atoms with Crippen molar-refractivity contribution >= 4 is 10.9 Å². The van der Waals surface area contributed by atoms with Gasteiger partial charge in [-0.25, -0.2) is 0 Å². The lowest BCUT2D eigenvalue weighted by atomic mass is 10.2. The Morgan fingerprint density at radius 3 is 3.00 bits per heavy atom. The van der Waals surface area contributed by atoms with Gasteiger partial charge in [-0.15, -0.1) is 0 Å². The first-order chi connectivity index (χ1) is 7.36. The lowest BCUT2D eigenvalue weighted by Gasteiger charge is -2.15. The van der Waals surface area contributed by atoms with E-state index in [1.54, 1.807) is 0 Å². The third-order valence-electron chi connectivity index (χ3n) is 3.34. The lowest BCUT2D eigenvalue weighted by molar-refractivity contribution is 0.554. The van der Waals surface area contributed by atoms with Crippen molar-refractivity contribution in [3.8, 4) is 0 Å². The number of rotatable bonds is 1. The summed E-state index contributed by atoms with van der Waals surface area (Å²) >= 11 is 0. The number of benzene rings is 1. The van der Waals surface area contributed by atoms with E-state index in [-0.39, 0.29) is 0 Å². The van der Waals surface area contributed by atoms with Gasteiger partial charge in [0.1, 0.15) is 0 Å². The third-order valence-corrected chi connectivity index (χ3v) is 3.34. The number of para-hydroxylation sites is 1. The molecule has 1 aromatic heterocycles. The summed E-state index contributed by atoms with van der Waals surface area (Å²) in [5.41, 5.74) is 2.76. The van der Waals surface area contributed by atoms with Crippen LogP contribution in [0.3, 0.4) is 0 Å². The Labute approximate surface area is 89.9 Å². The fourth-order valence-corrected chi connectivity index (χ4v) is 2.66. The van der Waals surface area contributed by atoms with Gasteiger partial charge < -0.3 is 9.88 Å². The monoisotopic (exact) mass is 200 g/mol. The van der Waals surface area contributed by atoms with Gasteiger partial charge in [0.15, 0.2) is 0 Å². The standard InChI is InChI=1S/C13H16N2/c1-10-8-11-4-2-3-5-13(11)15(10)12-6-7-14-9-12/h2-5,8,12,14H,6-7,9H2,1H3. The molecule has 1 N–H and O–H groups in total. The van der Waals surface area contributed by atoms with Gasteiger partial charge in [-0.3, -0.25) is 0 Å². The summed E-state index contributed by atoms with van der Waals surface area (Å²) in [5, 5.41) is 4.79. The van der Waals surface area contributed by atoms with Gasteiger partial charge in [0, 0.05) is 23.8 Å². The molecule has 3 rings (SSSR count). The molecule has 0 bridgehead atoms. The topological polar surface area (TPSA) is 17.0 Å². The molecule has 0 saturated carbocycles. The first-order valence-corrected chi connectivity index (χ1v) is 5.63. The van der Waals surface area contributed by atoms with Crippen molar-refractivity contribution in [3.05, 3.63) is 36.0 Å². The van der Waals surface area contributed by atoms with E-state index in [1.807, 2.05) is 0 Å². The van der Waals surface area contributed by atoms with Crippen LogP contribution in [0.4, 0.5) is 0 Å². The Bertz CT molecular complexity index is 478. The van der Waals surface area contributed by atoms with Crippen LogP contribution in [-0.4, -0.2) is 17.7 Å². The van der Waals surface area contributed by atoms with Gasteiger partial charge in [0.25, 0.3) is 0 Å². The first-order valence-electron chi connectivity index (χ1n) is 5.63. The van der Waals surface area contributed by atoms with Crippen LogP contribution in [0.1, 0.15) is 18.2 Å². The highest BCUT2D eigenvalue weighted by Crippen LogP contribution is 2.26. The highest BCUT2D eigenvalue weighted by Gasteiger charge is 2.19. The highest BCUT2D eigenvalue weighted by molar-refractivity contribution is 5.81. The maximum Gasteiger partial charge on any atom is 0.0485 e. The average Bonchev–Trinajstić information content (AvgIpc) is 2.82. The zero-order valence-electron chi connectivity index (χ0n) is 9.03. The number of fused-ring (bicyclic) bond motifs is 1. The number of nitrogens with one attached hydrogen (secondary N) is 1. The van der Waals surface area contributed by atoms with Crippen molar-refractivity contribution in [2.24, 2.45) is 0 Å². The van der Waals surface area contributed by atoms with Crippen LogP contribution in [0.2, 0.25) is 0 Å². The second-order valence-corrected chi connectivity index (χ2v) is 4.36. The van der Waals surface area contributed by atoms with Crippen molar-refractivity contribution in [2.75, 3.05) is 13.1 Å². The van der Waals surface area contributed by atoms with Crippen LogP contribution in [-0.2, 0) is 0 Å². The van der Waals surface area contributed by atoms with Crippen LogP contribution in [0.25, 0.3) is 10.9 Å². The van der Waals surface area contributed by atoms with E-state index in [4.69, 9.17) is 0 Å². The molecule has 1 saturated heterocycles. The van der Waals surface area contributed by atoms with Crippen molar-refractivity contribution in [3.63, 3.8) is 0 Å². The number of nitrogens with zero attached hydrogens (tertiary/aromatic N) is 1. The predicted molar refractivity (Wildman–Crippen MR) is 63.2 cm³/mol. The maximum absolute atomic E-state index is 3.43. The molecule has 0 amide bonds. The van der Waals surface area contributed by atoms with E-state index in [2.05, 4.69) is 47.1 Å². The molecule has 1 aliphatic rings.